The smallest absolute Gasteiger partial charge is 0.312 e. The van der Waals surface area contributed by atoms with Crippen molar-refractivity contribution in [3.63, 3.8) is 0 Å². The molecule has 9 nitrogen and oxygen atoms in total. The number of likely N-dealkylation sites (N-methyl/N-ethyl adjacent to an activating group) is 1. The quantitative estimate of drug-likeness (QED) is 0.518. The van der Waals surface area contributed by atoms with Crippen LogP contribution in [0.15, 0.2) is 24.3 Å². The van der Waals surface area contributed by atoms with E-state index in [4.69, 9.17) is 21.1 Å². The van der Waals surface area contributed by atoms with Crippen molar-refractivity contribution >= 4 is 35.1 Å². The Balaban J connectivity index is 1.09. The minimum atomic E-state index is -0.911. The van der Waals surface area contributed by atoms with E-state index < -0.39 is 11.0 Å². The minimum Gasteiger partial charge on any atom is -0.462 e. The van der Waals surface area contributed by atoms with E-state index in [-0.39, 0.29) is 37.1 Å². The van der Waals surface area contributed by atoms with Crippen LogP contribution < -0.4 is 4.90 Å². The molecule has 0 saturated carbocycles. The largest absolute Gasteiger partial charge is 0.462 e. The highest BCUT2D eigenvalue weighted by Crippen LogP contribution is 2.44. The molecule has 4 heterocycles. The second kappa shape index (κ2) is 10.4. The minimum absolute atomic E-state index is 0.0732. The fraction of sp³-hybridized carbons (Fsp3) is 0.667. The number of anilines is 1. The van der Waals surface area contributed by atoms with E-state index in [1.807, 2.05) is 18.2 Å². The van der Waals surface area contributed by atoms with Gasteiger partial charge in [-0.2, -0.15) is 0 Å². The molecule has 4 saturated heterocycles. The van der Waals surface area contributed by atoms with Crippen molar-refractivity contribution in [2.75, 3.05) is 71.0 Å². The summed E-state index contributed by atoms with van der Waals surface area (Å²) in [5.41, 5.74) is -0.249. The first-order chi connectivity index (χ1) is 17.7. The standard InChI is InChI=1S/C27H37ClN4O5/c1-20(33)29(2)27(18-36-19-27)24(34)32-10-7-26(8-11-32)17-23(37-25(26)35)6-9-30-12-14-31(15-13-30)22-5-3-4-21(28)16-22/h3-5,16,23H,6-15,17-19H2,1-2H3/t23-/m0/s1. The van der Waals surface area contributed by atoms with Crippen molar-refractivity contribution in [2.24, 2.45) is 5.41 Å². The molecule has 202 valence electrons. The molecule has 0 N–H and O–H groups in total. The number of rotatable bonds is 6. The molecule has 0 aromatic heterocycles. The number of carbonyl (C=O) groups is 3. The average molecular weight is 533 g/mol. The van der Waals surface area contributed by atoms with Crippen molar-refractivity contribution in [1.82, 2.24) is 14.7 Å². The van der Waals surface area contributed by atoms with Crippen LogP contribution in [0.4, 0.5) is 5.69 Å². The Morgan fingerprint density at radius 2 is 1.81 bits per heavy atom. The number of hydrogen-bond acceptors (Lipinski definition) is 7. The number of ether oxygens (including phenoxy) is 2. The fourth-order valence-corrected chi connectivity index (χ4v) is 6.31. The van der Waals surface area contributed by atoms with Crippen LogP contribution in [-0.4, -0.2) is 110 Å². The third-order valence-electron chi connectivity index (χ3n) is 8.84. The van der Waals surface area contributed by atoms with Gasteiger partial charge in [-0.15, -0.1) is 0 Å². The van der Waals surface area contributed by atoms with Crippen LogP contribution >= 0.6 is 11.6 Å². The van der Waals surface area contributed by atoms with E-state index in [0.717, 1.165) is 56.3 Å². The number of benzene rings is 1. The number of esters is 1. The van der Waals surface area contributed by atoms with E-state index in [0.29, 0.717) is 25.9 Å². The Hall–Kier alpha value is -2.36. The average Bonchev–Trinajstić information content (AvgIpc) is 3.17. The second-order valence-electron chi connectivity index (χ2n) is 11.0. The monoisotopic (exact) mass is 532 g/mol. The first-order valence-electron chi connectivity index (χ1n) is 13.3. The molecule has 1 aromatic carbocycles. The van der Waals surface area contributed by atoms with Crippen LogP contribution in [-0.2, 0) is 23.9 Å². The summed E-state index contributed by atoms with van der Waals surface area (Å²) >= 11 is 6.15. The van der Waals surface area contributed by atoms with Crippen LogP contribution in [0.3, 0.4) is 0 Å². The Morgan fingerprint density at radius 3 is 2.41 bits per heavy atom. The van der Waals surface area contributed by atoms with Gasteiger partial charge in [0.2, 0.25) is 5.91 Å². The van der Waals surface area contributed by atoms with Gasteiger partial charge in [-0.25, -0.2) is 0 Å². The SMILES string of the molecule is CC(=O)N(C)C1(C(=O)N2CCC3(CC2)C[C@H](CCN2CCN(c4cccc(Cl)c4)CC2)OC3=O)COC1. The van der Waals surface area contributed by atoms with Crippen molar-refractivity contribution in [3.8, 4) is 0 Å². The molecular weight excluding hydrogens is 496 g/mol. The van der Waals surface area contributed by atoms with Gasteiger partial charge in [-0.1, -0.05) is 17.7 Å². The van der Waals surface area contributed by atoms with Crippen LogP contribution in [0, 0.1) is 5.41 Å². The summed E-state index contributed by atoms with van der Waals surface area (Å²) in [6.07, 6.45) is 2.69. The number of carbonyl (C=O) groups excluding carboxylic acids is 3. The first-order valence-corrected chi connectivity index (χ1v) is 13.7. The van der Waals surface area contributed by atoms with E-state index in [2.05, 4.69) is 15.9 Å². The molecule has 4 fully saturated rings. The van der Waals surface area contributed by atoms with Gasteiger partial charge in [0.25, 0.3) is 5.91 Å². The van der Waals surface area contributed by atoms with Gasteiger partial charge >= 0.3 is 5.97 Å². The van der Waals surface area contributed by atoms with Gasteiger partial charge in [0.05, 0.1) is 18.6 Å². The zero-order chi connectivity index (χ0) is 26.2. The Labute approximate surface area is 223 Å². The van der Waals surface area contributed by atoms with Crippen LogP contribution in [0.1, 0.15) is 32.6 Å². The molecule has 1 aromatic rings. The first kappa shape index (κ1) is 26.3. The number of hydrogen-bond donors (Lipinski definition) is 0. The van der Waals surface area contributed by atoms with Crippen molar-refractivity contribution in [3.05, 3.63) is 29.3 Å². The van der Waals surface area contributed by atoms with Gasteiger partial charge in [0.1, 0.15) is 6.10 Å². The highest BCUT2D eigenvalue weighted by molar-refractivity contribution is 6.30. The molecule has 0 bridgehead atoms. The number of likely N-dealkylation sites (tertiary alicyclic amines) is 1. The molecular formula is C27H37ClN4O5. The molecule has 0 radical (unpaired) electrons. The van der Waals surface area contributed by atoms with Gasteiger partial charge < -0.3 is 24.2 Å². The van der Waals surface area contributed by atoms with Crippen molar-refractivity contribution in [1.29, 1.82) is 0 Å². The Morgan fingerprint density at radius 1 is 1.11 bits per heavy atom. The lowest BCUT2D eigenvalue weighted by atomic mass is 9.75. The highest BCUT2D eigenvalue weighted by Gasteiger charge is 2.55. The molecule has 5 rings (SSSR count). The van der Waals surface area contributed by atoms with Crippen LogP contribution in [0.2, 0.25) is 5.02 Å². The summed E-state index contributed by atoms with van der Waals surface area (Å²) in [6, 6.07) is 7.99. The lowest BCUT2D eigenvalue weighted by molar-refractivity contribution is -0.185. The zero-order valence-corrected chi connectivity index (χ0v) is 22.5. The molecule has 4 aliphatic heterocycles. The van der Waals surface area contributed by atoms with Gasteiger partial charge in [-0.3, -0.25) is 19.3 Å². The number of piperidine rings is 1. The highest BCUT2D eigenvalue weighted by atomic mass is 35.5. The zero-order valence-electron chi connectivity index (χ0n) is 21.8. The number of halogens is 1. The predicted octanol–water partition coefficient (Wildman–Crippen LogP) is 2.02. The molecule has 0 aliphatic carbocycles. The van der Waals surface area contributed by atoms with E-state index in [1.165, 1.54) is 11.8 Å². The molecule has 1 atom stereocenters. The lowest BCUT2D eigenvalue weighted by Gasteiger charge is -2.49. The third kappa shape index (κ3) is 5.05. The summed E-state index contributed by atoms with van der Waals surface area (Å²) in [7, 11) is 1.66. The van der Waals surface area contributed by atoms with Crippen molar-refractivity contribution < 1.29 is 23.9 Å². The summed E-state index contributed by atoms with van der Waals surface area (Å²) in [4.78, 5) is 46.3. The molecule has 10 heteroatoms. The maximum absolute atomic E-state index is 13.3. The van der Waals surface area contributed by atoms with Gasteiger partial charge in [-0.05, 0) is 37.5 Å². The predicted molar refractivity (Wildman–Crippen MR) is 139 cm³/mol. The van der Waals surface area contributed by atoms with E-state index >= 15 is 0 Å². The maximum Gasteiger partial charge on any atom is 0.312 e. The normalized spacial score (nSPS) is 25.1. The summed E-state index contributed by atoms with van der Waals surface area (Å²) in [5, 5.41) is 0.757. The van der Waals surface area contributed by atoms with E-state index in [9.17, 15) is 14.4 Å². The number of nitrogens with zero attached hydrogens (tertiary/aromatic N) is 4. The summed E-state index contributed by atoms with van der Waals surface area (Å²) < 4.78 is 11.2. The van der Waals surface area contributed by atoms with Crippen molar-refractivity contribution in [2.45, 2.75) is 44.2 Å². The molecule has 4 aliphatic rings. The number of amides is 2. The number of cyclic esters (lactones) is 1. The second-order valence-corrected chi connectivity index (χ2v) is 11.4. The fourth-order valence-electron chi connectivity index (χ4n) is 6.13. The Bertz CT molecular complexity index is 1030. The molecule has 2 amide bonds. The summed E-state index contributed by atoms with van der Waals surface area (Å²) in [5.74, 6) is -0.345. The van der Waals surface area contributed by atoms with Gasteiger partial charge in [0.15, 0.2) is 5.54 Å². The third-order valence-corrected chi connectivity index (χ3v) is 9.08. The molecule has 37 heavy (non-hydrogen) atoms. The molecule has 0 unspecified atom stereocenters. The summed E-state index contributed by atoms with van der Waals surface area (Å²) in [6.45, 7) is 7.65. The van der Waals surface area contributed by atoms with Crippen LogP contribution in [0.5, 0.6) is 0 Å². The van der Waals surface area contributed by atoms with E-state index in [1.54, 1.807) is 11.9 Å². The topological polar surface area (TPSA) is 82.6 Å². The number of piperazine rings is 1. The van der Waals surface area contributed by atoms with Crippen LogP contribution in [0.25, 0.3) is 0 Å². The maximum atomic E-state index is 13.3. The lowest BCUT2D eigenvalue weighted by Crippen LogP contribution is -2.71. The Kier molecular flexibility index (Phi) is 7.40. The van der Waals surface area contributed by atoms with Gasteiger partial charge in [0, 0.05) is 76.9 Å². The molecule has 1 spiro atoms.